The Hall–Kier alpha value is -1.14. The van der Waals surface area contributed by atoms with Gasteiger partial charge in [-0.05, 0) is 52.6 Å². The van der Waals surface area contributed by atoms with E-state index in [4.69, 9.17) is 4.74 Å². The number of nitrogens with one attached hydrogen (secondary N) is 1. The summed E-state index contributed by atoms with van der Waals surface area (Å²) in [6.07, 6.45) is 3.11. The number of ether oxygens (including phenoxy) is 1. The summed E-state index contributed by atoms with van der Waals surface area (Å²) in [5.41, 5.74) is 0. The van der Waals surface area contributed by atoms with Gasteiger partial charge in [-0.3, -0.25) is 14.5 Å². The number of carboxylic acids is 1. The lowest BCUT2D eigenvalue weighted by atomic mass is 9.94. The van der Waals surface area contributed by atoms with Crippen LogP contribution in [0, 0.1) is 5.92 Å². The van der Waals surface area contributed by atoms with E-state index in [1.807, 2.05) is 25.7 Å². The van der Waals surface area contributed by atoms with Crippen LogP contribution in [-0.2, 0) is 14.3 Å². The molecule has 0 bridgehead atoms. The number of nitrogens with zero attached hydrogens (tertiary/aromatic N) is 1. The van der Waals surface area contributed by atoms with Crippen molar-refractivity contribution in [3.63, 3.8) is 0 Å². The normalized spacial score (nSPS) is 18.4. The number of carboxylic acid groups (broad SMARTS) is 1. The third-order valence-electron chi connectivity index (χ3n) is 4.08. The lowest BCUT2D eigenvalue weighted by molar-refractivity contribution is -0.144. The second-order valence-electron chi connectivity index (χ2n) is 6.14. The fraction of sp³-hybridized carbons (Fsp3) is 0.875. The van der Waals surface area contributed by atoms with Gasteiger partial charge in [0.15, 0.2) is 0 Å². The molecule has 0 spiro atoms. The molecule has 0 radical (unpaired) electrons. The number of carbonyl (C=O) groups is 2. The molecule has 6 nitrogen and oxygen atoms in total. The zero-order valence-corrected chi connectivity index (χ0v) is 14.0. The highest BCUT2D eigenvalue weighted by molar-refractivity contribution is 5.78. The number of piperidine rings is 1. The van der Waals surface area contributed by atoms with Crippen molar-refractivity contribution in [3.05, 3.63) is 0 Å². The highest BCUT2D eigenvalue weighted by Gasteiger charge is 2.30. The topological polar surface area (TPSA) is 78.9 Å². The van der Waals surface area contributed by atoms with Gasteiger partial charge in [-0.2, -0.15) is 0 Å². The Labute approximate surface area is 133 Å². The van der Waals surface area contributed by atoms with Crippen LogP contribution < -0.4 is 5.32 Å². The van der Waals surface area contributed by atoms with E-state index in [9.17, 15) is 14.7 Å². The highest BCUT2D eigenvalue weighted by atomic mass is 16.5. The minimum absolute atomic E-state index is 0.00793. The predicted molar refractivity (Wildman–Crippen MR) is 84.7 cm³/mol. The van der Waals surface area contributed by atoms with Crippen molar-refractivity contribution in [2.24, 2.45) is 5.92 Å². The average Bonchev–Trinajstić information content (AvgIpc) is 2.47. The molecule has 1 aliphatic rings. The van der Waals surface area contributed by atoms with Crippen LogP contribution in [0.4, 0.5) is 0 Å². The summed E-state index contributed by atoms with van der Waals surface area (Å²) in [5, 5.41) is 12.1. The average molecular weight is 314 g/mol. The van der Waals surface area contributed by atoms with Crippen LogP contribution in [-0.4, -0.2) is 60.3 Å². The van der Waals surface area contributed by atoms with Gasteiger partial charge in [0.05, 0.1) is 6.10 Å². The van der Waals surface area contributed by atoms with Gasteiger partial charge in [0.1, 0.15) is 6.04 Å². The molecule has 1 unspecified atom stereocenters. The molecule has 2 N–H and O–H groups in total. The molecular formula is C16H30N2O4. The van der Waals surface area contributed by atoms with E-state index < -0.39 is 12.0 Å². The van der Waals surface area contributed by atoms with Crippen LogP contribution in [0.15, 0.2) is 0 Å². The first-order chi connectivity index (χ1) is 10.5. The van der Waals surface area contributed by atoms with E-state index in [0.29, 0.717) is 32.7 Å². The second-order valence-corrected chi connectivity index (χ2v) is 6.14. The Morgan fingerprint density at radius 1 is 1.32 bits per heavy atom. The molecule has 128 valence electrons. The largest absolute Gasteiger partial charge is 0.480 e. The summed E-state index contributed by atoms with van der Waals surface area (Å²) < 4.78 is 5.43. The smallest absolute Gasteiger partial charge is 0.320 e. The predicted octanol–water partition coefficient (Wildman–Crippen LogP) is 1.49. The molecule has 1 amide bonds. The number of carbonyl (C=O) groups excluding carboxylic acids is 1. The molecule has 1 heterocycles. The third kappa shape index (κ3) is 6.32. The quantitative estimate of drug-likeness (QED) is 0.630. The van der Waals surface area contributed by atoms with Gasteiger partial charge < -0.3 is 15.2 Å². The van der Waals surface area contributed by atoms with E-state index in [-0.39, 0.29) is 17.9 Å². The Morgan fingerprint density at radius 2 is 1.95 bits per heavy atom. The molecule has 1 saturated heterocycles. The molecule has 1 fully saturated rings. The summed E-state index contributed by atoms with van der Waals surface area (Å²) in [4.78, 5) is 25.2. The summed E-state index contributed by atoms with van der Waals surface area (Å²) >= 11 is 0. The van der Waals surface area contributed by atoms with Crippen molar-refractivity contribution in [3.8, 4) is 0 Å². The monoisotopic (exact) mass is 314 g/mol. The Kier molecular flexibility index (Phi) is 8.42. The second kappa shape index (κ2) is 9.79. The Bertz CT molecular complexity index is 352. The van der Waals surface area contributed by atoms with E-state index in [0.717, 1.165) is 19.3 Å². The minimum Gasteiger partial charge on any atom is -0.480 e. The molecule has 0 aliphatic carbocycles. The number of rotatable bonds is 9. The Balaban J connectivity index is 2.23. The number of hydrogen-bond donors (Lipinski definition) is 2. The van der Waals surface area contributed by atoms with Gasteiger partial charge in [-0.25, -0.2) is 0 Å². The molecule has 1 aliphatic heterocycles. The lowest BCUT2D eigenvalue weighted by Crippen LogP contribution is -2.47. The van der Waals surface area contributed by atoms with Crippen molar-refractivity contribution in [1.29, 1.82) is 0 Å². The van der Waals surface area contributed by atoms with Crippen LogP contribution >= 0.6 is 0 Å². The maximum atomic E-state index is 12.1. The number of hydrogen-bond acceptors (Lipinski definition) is 4. The van der Waals surface area contributed by atoms with Gasteiger partial charge >= 0.3 is 5.97 Å². The summed E-state index contributed by atoms with van der Waals surface area (Å²) in [6, 6.07) is -0.419. The maximum absolute atomic E-state index is 12.1. The van der Waals surface area contributed by atoms with E-state index >= 15 is 0 Å². The van der Waals surface area contributed by atoms with Crippen molar-refractivity contribution < 1.29 is 19.4 Å². The van der Waals surface area contributed by atoms with Gasteiger partial charge in [-0.1, -0.05) is 6.92 Å². The van der Waals surface area contributed by atoms with E-state index in [2.05, 4.69) is 5.32 Å². The molecule has 0 saturated carbocycles. The molecule has 0 aromatic heterocycles. The first-order valence-corrected chi connectivity index (χ1v) is 8.31. The van der Waals surface area contributed by atoms with Crippen molar-refractivity contribution in [2.75, 3.05) is 26.2 Å². The van der Waals surface area contributed by atoms with E-state index in [1.165, 1.54) is 0 Å². The zero-order valence-electron chi connectivity index (χ0n) is 14.0. The van der Waals surface area contributed by atoms with Crippen LogP contribution in [0.3, 0.4) is 0 Å². The number of likely N-dealkylation sites (tertiary alicyclic amines) is 1. The van der Waals surface area contributed by atoms with Crippen molar-refractivity contribution in [1.82, 2.24) is 10.2 Å². The summed E-state index contributed by atoms with van der Waals surface area (Å²) in [5.74, 6) is -0.670. The molecule has 1 rings (SSSR count). The summed E-state index contributed by atoms with van der Waals surface area (Å²) in [6.45, 7) is 8.53. The van der Waals surface area contributed by atoms with Crippen LogP contribution in [0.25, 0.3) is 0 Å². The fourth-order valence-electron chi connectivity index (χ4n) is 2.81. The maximum Gasteiger partial charge on any atom is 0.320 e. The summed E-state index contributed by atoms with van der Waals surface area (Å²) in [7, 11) is 0. The fourth-order valence-corrected chi connectivity index (χ4v) is 2.81. The third-order valence-corrected chi connectivity index (χ3v) is 4.08. The van der Waals surface area contributed by atoms with Crippen molar-refractivity contribution >= 4 is 11.9 Å². The molecule has 6 heteroatoms. The molecule has 0 aromatic carbocycles. The van der Waals surface area contributed by atoms with Gasteiger partial charge in [0, 0.05) is 19.1 Å². The first-order valence-electron chi connectivity index (χ1n) is 8.31. The Morgan fingerprint density at radius 3 is 2.45 bits per heavy atom. The van der Waals surface area contributed by atoms with E-state index in [1.54, 1.807) is 0 Å². The highest BCUT2D eigenvalue weighted by Crippen LogP contribution is 2.20. The van der Waals surface area contributed by atoms with Gasteiger partial charge in [-0.15, -0.1) is 0 Å². The lowest BCUT2D eigenvalue weighted by Gasteiger charge is -2.34. The minimum atomic E-state index is -0.768. The standard InChI is InChI=1S/C16H30N2O4/c1-4-14(16(20)21)18-9-6-13(7-10-18)15(19)17-8-5-11-22-12(2)3/h12-14H,4-11H2,1-3H3,(H,17,19)(H,20,21). The van der Waals surface area contributed by atoms with Crippen LogP contribution in [0.2, 0.25) is 0 Å². The zero-order chi connectivity index (χ0) is 16.5. The first kappa shape index (κ1) is 18.9. The van der Waals surface area contributed by atoms with Crippen LogP contribution in [0.5, 0.6) is 0 Å². The molecular weight excluding hydrogens is 284 g/mol. The van der Waals surface area contributed by atoms with Gasteiger partial charge in [0.25, 0.3) is 0 Å². The number of aliphatic carboxylic acids is 1. The molecule has 0 aromatic rings. The molecule has 1 atom stereocenters. The van der Waals surface area contributed by atoms with Gasteiger partial charge in [0.2, 0.25) is 5.91 Å². The molecule has 22 heavy (non-hydrogen) atoms. The number of amides is 1. The van der Waals surface area contributed by atoms with Crippen LogP contribution in [0.1, 0.15) is 46.5 Å². The SMILES string of the molecule is CCC(C(=O)O)N1CCC(C(=O)NCCCOC(C)C)CC1. The van der Waals surface area contributed by atoms with Crippen molar-refractivity contribution in [2.45, 2.75) is 58.6 Å².